The highest BCUT2D eigenvalue weighted by Gasteiger charge is 2.18. The van der Waals surface area contributed by atoms with Gasteiger partial charge in [0.15, 0.2) is 0 Å². The van der Waals surface area contributed by atoms with Crippen LogP contribution in [0.15, 0.2) is 48.5 Å². The number of hydrogen-bond acceptors (Lipinski definition) is 4. The maximum atomic E-state index is 11.4. The second kappa shape index (κ2) is 7.25. The summed E-state index contributed by atoms with van der Waals surface area (Å²) in [5.41, 5.74) is 9.99. The third kappa shape index (κ3) is 3.98. The second-order valence-electron chi connectivity index (χ2n) is 6.14. The van der Waals surface area contributed by atoms with E-state index in [2.05, 4.69) is 34.5 Å². The van der Waals surface area contributed by atoms with Crippen LogP contribution >= 0.6 is 0 Å². The molecule has 126 valence electrons. The molecule has 1 heterocycles. The molecule has 0 aliphatic carbocycles. The van der Waals surface area contributed by atoms with Gasteiger partial charge in [0.25, 0.3) is 0 Å². The summed E-state index contributed by atoms with van der Waals surface area (Å²) in [6.45, 7) is 5.78. The van der Waals surface area contributed by atoms with Gasteiger partial charge in [0.05, 0.1) is 0 Å². The minimum absolute atomic E-state index is 0.164. The molecule has 0 bridgehead atoms. The molecule has 0 spiro atoms. The van der Waals surface area contributed by atoms with Crippen LogP contribution in [-0.4, -0.2) is 37.0 Å². The molecule has 1 amide bonds. The Morgan fingerprint density at radius 2 is 1.62 bits per heavy atom. The van der Waals surface area contributed by atoms with Crippen LogP contribution in [0.1, 0.15) is 12.5 Å². The number of nitrogens with two attached hydrogens (primary N) is 1. The lowest BCUT2D eigenvalue weighted by Gasteiger charge is -2.35. The molecule has 0 saturated carbocycles. The van der Waals surface area contributed by atoms with Crippen molar-refractivity contribution in [3.05, 3.63) is 54.1 Å². The van der Waals surface area contributed by atoms with Crippen LogP contribution in [0.4, 0.5) is 17.1 Å². The zero-order valence-corrected chi connectivity index (χ0v) is 14.0. The summed E-state index contributed by atoms with van der Waals surface area (Å²) in [5.74, 6) is 0.164. The lowest BCUT2D eigenvalue weighted by molar-refractivity contribution is -0.129. The quantitative estimate of drug-likeness (QED) is 0.849. The lowest BCUT2D eigenvalue weighted by Crippen LogP contribution is -2.48. The minimum Gasteiger partial charge on any atom is -0.399 e. The van der Waals surface area contributed by atoms with E-state index in [1.54, 1.807) is 6.92 Å². The van der Waals surface area contributed by atoms with E-state index in [9.17, 15) is 4.79 Å². The van der Waals surface area contributed by atoms with E-state index in [0.29, 0.717) is 0 Å². The van der Waals surface area contributed by atoms with E-state index < -0.39 is 0 Å². The number of piperazine rings is 1. The molecule has 0 aromatic heterocycles. The van der Waals surface area contributed by atoms with Gasteiger partial charge in [-0.25, -0.2) is 0 Å². The zero-order chi connectivity index (χ0) is 16.9. The molecule has 2 aromatic rings. The Hall–Kier alpha value is -2.69. The molecule has 5 nitrogen and oxygen atoms in total. The number of hydrogen-bond donors (Lipinski definition) is 2. The fraction of sp³-hybridized carbons (Fsp3) is 0.316. The van der Waals surface area contributed by atoms with Gasteiger partial charge in [-0.2, -0.15) is 0 Å². The molecule has 1 aliphatic rings. The van der Waals surface area contributed by atoms with Gasteiger partial charge in [-0.15, -0.1) is 0 Å². The van der Waals surface area contributed by atoms with E-state index >= 15 is 0 Å². The molecule has 5 heteroatoms. The Kier molecular flexibility index (Phi) is 4.89. The molecule has 24 heavy (non-hydrogen) atoms. The Labute approximate surface area is 143 Å². The summed E-state index contributed by atoms with van der Waals surface area (Å²) in [7, 11) is 0. The van der Waals surface area contributed by atoms with Crippen molar-refractivity contribution in [1.29, 1.82) is 0 Å². The Morgan fingerprint density at radius 1 is 1.00 bits per heavy atom. The molecular formula is C19H24N4O. The Morgan fingerprint density at radius 3 is 2.21 bits per heavy atom. The standard InChI is InChI=1S/C19H24N4O/c1-15(24)22-10-12-23(13-11-22)19-8-6-18(7-9-19)21-14-16-2-4-17(20)5-3-16/h2-9,21H,10-14,20H2,1H3. The van der Waals surface area contributed by atoms with Crippen LogP contribution in [0.2, 0.25) is 0 Å². The smallest absolute Gasteiger partial charge is 0.219 e. The van der Waals surface area contributed by atoms with Crippen LogP contribution in [0.3, 0.4) is 0 Å². The van der Waals surface area contributed by atoms with Crippen molar-refractivity contribution in [3.63, 3.8) is 0 Å². The van der Waals surface area contributed by atoms with Crippen molar-refractivity contribution in [2.24, 2.45) is 0 Å². The third-order valence-corrected chi connectivity index (χ3v) is 4.43. The van der Waals surface area contributed by atoms with Gasteiger partial charge in [0.2, 0.25) is 5.91 Å². The van der Waals surface area contributed by atoms with Crippen molar-refractivity contribution in [2.75, 3.05) is 42.1 Å². The highest BCUT2D eigenvalue weighted by atomic mass is 16.2. The number of carbonyl (C=O) groups is 1. The topological polar surface area (TPSA) is 61.6 Å². The van der Waals surface area contributed by atoms with E-state index in [1.807, 2.05) is 29.2 Å². The molecule has 0 unspecified atom stereocenters. The minimum atomic E-state index is 0.164. The molecule has 0 atom stereocenters. The highest BCUT2D eigenvalue weighted by molar-refractivity contribution is 5.73. The molecule has 2 aromatic carbocycles. The normalized spacial score (nSPS) is 14.5. The first-order chi connectivity index (χ1) is 11.6. The number of benzene rings is 2. The van der Waals surface area contributed by atoms with Crippen LogP contribution in [0, 0.1) is 0 Å². The summed E-state index contributed by atoms with van der Waals surface area (Å²) in [5, 5.41) is 3.42. The Balaban J connectivity index is 1.54. The molecule has 1 aliphatic heterocycles. The number of anilines is 3. The molecule has 1 saturated heterocycles. The van der Waals surface area contributed by atoms with Crippen LogP contribution in [0.25, 0.3) is 0 Å². The van der Waals surface area contributed by atoms with Gasteiger partial charge in [-0.3, -0.25) is 4.79 Å². The number of nitrogen functional groups attached to an aromatic ring is 1. The number of nitrogens with zero attached hydrogens (tertiary/aromatic N) is 2. The number of amides is 1. The first-order valence-electron chi connectivity index (χ1n) is 8.30. The SMILES string of the molecule is CC(=O)N1CCN(c2ccc(NCc3ccc(N)cc3)cc2)CC1. The van der Waals surface area contributed by atoms with E-state index in [1.165, 1.54) is 11.3 Å². The first-order valence-corrected chi connectivity index (χ1v) is 8.30. The van der Waals surface area contributed by atoms with Crippen molar-refractivity contribution in [2.45, 2.75) is 13.5 Å². The average molecular weight is 324 g/mol. The highest BCUT2D eigenvalue weighted by Crippen LogP contribution is 2.20. The third-order valence-electron chi connectivity index (χ3n) is 4.43. The Bertz CT molecular complexity index is 674. The largest absolute Gasteiger partial charge is 0.399 e. The van der Waals surface area contributed by atoms with Crippen molar-refractivity contribution < 1.29 is 4.79 Å². The van der Waals surface area contributed by atoms with Crippen molar-refractivity contribution in [1.82, 2.24) is 4.90 Å². The summed E-state index contributed by atoms with van der Waals surface area (Å²) < 4.78 is 0. The lowest BCUT2D eigenvalue weighted by atomic mass is 10.2. The van der Waals surface area contributed by atoms with Crippen LogP contribution in [-0.2, 0) is 11.3 Å². The fourth-order valence-electron chi connectivity index (χ4n) is 2.91. The monoisotopic (exact) mass is 324 g/mol. The van der Waals surface area contributed by atoms with E-state index in [-0.39, 0.29) is 5.91 Å². The van der Waals surface area contributed by atoms with Gasteiger partial charge < -0.3 is 20.9 Å². The van der Waals surface area contributed by atoms with Gasteiger partial charge in [-0.05, 0) is 42.0 Å². The number of rotatable bonds is 4. The van der Waals surface area contributed by atoms with Crippen molar-refractivity contribution >= 4 is 23.0 Å². The van der Waals surface area contributed by atoms with Gasteiger partial charge in [0.1, 0.15) is 0 Å². The molecule has 3 rings (SSSR count). The molecule has 0 radical (unpaired) electrons. The summed E-state index contributed by atoms with van der Waals surface area (Å²) in [4.78, 5) is 15.6. The predicted octanol–water partition coefficient (Wildman–Crippen LogP) is 2.55. The van der Waals surface area contributed by atoms with Crippen molar-refractivity contribution in [3.8, 4) is 0 Å². The first kappa shape index (κ1) is 16.2. The summed E-state index contributed by atoms with van der Waals surface area (Å²) in [6.07, 6.45) is 0. The zero-order valence-electron chi connectivity index (χ0n) is 14.0. The molecule has 1 fully saturated rings. The number of carbonyl (C=O) groups excluding carboxylic acids is 1. The second-order valence-corrected chi connectivity index (χ2v) is 6.14. The fourth-order valence-corrected chi connectivity index (χ4v) is 2.91. The average Bonchev–Trinajstić information content (AvgIpc) is 2.62. The molecule has 3 N–H and O–H groups in total. The van der Waals surface area contributed by atoms with Gasteiger partial charge in [0, 0.05) is 56.7 Å². The van der Waals surface area contributed by atoms with Gasteiger partial charge >= 0.3 is 0 Å². The number of nitrogens with one attached hydrogen (secondary N) is 1. The predicted molar refractivity (Wildman–Crippen MR) is 99.1 cm³/mol. The van der Waals surface area contributed by atoms with Crippen LogP contribution in [0.5, 0.6) is 0 Å². The maximum Gasteiger partial charge on any atom is 0.219 e. The van der Waals surface area contributed by atoms with Crippen LogP contribution < -0.4 is 16.0 Å². The summed E-state index contributed by atoms with van der Waals surface area (Å²) >= 11 is 0. The maximum absolute atomic E-state index is 11.4. The van der Waals surface area contributed by atoms with E-state index in [4.69, 9.17) is 5.73 Å². The molecular weight excluding hydrogens is 300 g/mol. The van der Waals surface area contributed by atoms with E-state index in [0.717, 1.165) is 44.1 Å². The summed E-state index contributed by atoms with van der Waals surface area (Å²) in [6, 6.07) is 16.4. The van der Waals surface area contributed by atoms with Gasteiger partial charge in [-0.1, -0.05) is 12.1 Å².